The highest BCUT2D eigenvalue weighted by atomic mass is 127. The van der Waals surface area contributed by atoms with Crippen molar-refractivity contribution in [1.29, 1.82) is 0 Å². The summed E-state index contributed by atoms with van der Waals surface area (Å²) in [6.45, 7) is 0. The van der Waals surface area contributed by atoms with Gasteiger partial charge in [-0.15, -0.1) is 0 Å². The highest BCUT2D eigenvalue weighted by Crippen LogP contribution is 2.30. The number of halogens is 1. The standard InChI is InChI=1S/C12H15IO4/c1-15-9-6-8(4-5-13)11(12(14)17-3)10(7-9)16-2/h6-7H,4-5H2,1-3H3. The Morgan fingerprint density at radius 2 is 1.94 bits per heavy atom. The molecule has 0 bridgehead atoms. The van der Waals surface area contributed by atoms with Gasteiger partial charge in [0.05, 0.1) is 21.3 Å². The number of ether oxygens (including phenoxy) is 3. The largest absolute Gasteiger partial charge is 0.497 e. The molecule has 0 radical (unpaired) electrons. The van der Waals surface area contributed by atoms with E-state index in [0.29, 0.717) is 17.1 Å². The summed E-state index contributed by atoms with van der Waals surface area (Å²) < 4.78 is 16.1. The van der Waals surface area contributed by atoms with Gasteiger partial charge in [-0.2, -0.15) is 0 Å². The van der Waals surface area contributed by atoms with Crippen LogP contribution in [-0.2, 0) is 11.2 Å². The lowest BCUT2D eigenvalue weighted by Gasteiger charge is -2.13. The first-order chi connectivity index (χ1) is 8.17. The van der Waals surface area contributed by atoms with E-state index < -0.39 is 0 Å². The van der Waals surface area contributed by atoms with Crippen LogP contribution >= 0.6 is 22.6 Å². The molecule has 0 fully saturated rings. The molecular weight excluding hydrogens is 335 g/mol. The van der Waals surface area contributed by atoms with Gasteiger partial charge < -0.3 is 14.2 Å². The molecule has 0 spiro atoms. The van der Waals surface area contributed by atoms with Crippen LogP contribution < -0.4 is 9.47 Å². The smallest absolute Gasteiger partial charge is 0.341 e. The Labute approximate surface area is 114 Å². The molecule has 0 aliphatic heterocycles. The first-order valence-electron chi connectivity index (χ1n) is 5.07. The molecule has 0 amide bonds. The van der Waals surface area contributed by atoms with Crippen LogP contribution in [0.5, 0.6) is 11.5 Å². The second kappa shape index (κ2) is 6.68. The molecule has 0 aromatic heterocycles. The van der Waals surface area contributed by atoms with E-state index in [9.17, 15) is 4.79 Å². The molecule has 0 saturated carbocycles. The highest BCUT2D eigenvalue weighted by Gasteiger charge is 2.19. The van der Waals surface area contributed by atoms with Crippen LogP contribution in [-0.4, -0.2) is 31.7 Å². The molecule has 0 saturated heterocycles. The van der Waals surface area contributed by atoms with E-state index in [1.54, 1.807) is 13.2 Å². The average molecular weight is 350 g/mol. The van der Waals surface area contributed by atoms with E-state index >= 15 is 0 Å². The van der Waals surface area contributed by atoms with Crippen molar-refractivity contribution in [1.82, 2.24) is 0 Å². The summed E-state index contributed by atoms with van der Waals surface area (Å²) in [5.41, 5.74) is 1.36. The molecule has 0 aliphatic rings. The molecule has 1 rings (SSSR count). The lowest BCUT2D eigenvalue weighted by molar-refractivity contribution is 0.0596. The summed E-state index contributed by atoms with van der Waals surface area (Å²) in [5, 5.41) is 0. The lowest BCUT2D eigenvalue weighted by atomic mass is 10.0. The number of carbonyl (C=O) groups excluding carboxylic acids is 1. The van der Waals surface area contributed by atoms with E-state index in [1.165, 1.54) is 14.2 Å². The number of hydrogen-bond donors (Lipinski definition) is 0. The van der Waals surface area contributed by atoms with Crippen LogP contribution in [0.2, 0.25) is 0 Å². The predicted molar refractivity (Wildman–Crippen MR) is 73.5 cm³/mol. The van der Waals surface area contributed by atoms with Gasteiger partial charge in [-0.05, 0) is 18.1 Å². The maximum absolute atomic E-state index is 11.7. The molecule has 0 unspecified atom stereocenters. The Morgan fingerprint density at radius 3 is 2.41 bits per heavy atom. The number of benzene rings is 1. The monoisotopic (exact) mass is 350 g/mol. The van der Waals surface area contributed by atoms with Crippen molar-refractivity contribution < 1.29 is 19.0 Å². The normalized spacial score (nSPS) is 9.88. The third kappa shape index (κ3) is 3.24. The zero-order chi connectivity index (χ0) is 12.8. The summed E-state index contributed by atoms with van der Waals surface area (Å²) in [4.78, 5) is 11.7. The Hall–Kier alpha value is -0.980. The van der Waals surface area contributed by atoms with Crippen molar-refractivity contribution in [2.75, 3.05) is 25.8 Å². The molecule has 1 aromatic carbocycles. The minimum atomic E-state index is -0.385. The van der Waals surface area contributed by atoms with E-state index in [-0.39, 0.29) is 5.97 Å². The molecule has 0 heterocycles. The van der Waals surface area contributed by atoms with Crippen LogP contribution in [0.15, 0.2) is 12.1 Å². The Balaban J connectivity index is 3.34. The summed E-state index contributed by atoms with van der Waals surface area (Å²) >= 11 is 2.26. The van der Waals surface area contributed by atoms with Crippen LogP contribution in [0.1, 0.15) is 15.9 Å². The van der Waals surface area contributed by atoms with Crippen LogP contribution in [0.3, 0.4) is 0 Å². The summed E-state index contributed by atoms with van der Waals surface area (Å²) in [7, 11) is 4.47. The molecule has 0 atom stereocenters. The van der Waals surface area contributed by atoms with Crippen molar-refractivity contribution in [3.63, 3.8) is 0 Å². The number of carbonyl (C=O) groups is 1. The number of esters is 1. The fourth-order valence-corrected chi connectivity index (χ4v) is 2.14. The third-order valence-electron chi connectivity index (χ3n) is 2.37. The quantitative estimate of drug-likeness (QED) is 0.465. The van der Waals surface area contributed by atoms with Crippen LogP contribution in [0, 0.1) is 0 Å². The summed E-state index contributed by atoms with van der Waals surface area (Å²) in [6, 6.07) is 3.52. The minimum absolute atomic E-state index is 0.385. The van der Waals surface area contributed by atoms with Gasteiger partial charge in [0.1, 0.15) is 17.1 Å². The number of hydrogen-bond acceptors (Lipinski definition) is 4. The van der Waals surface area contributed by atoms with E-state index in [2.05, 4.69) is 22.6 Å². The second-order valence-corrected chi connectivity index (χ2v) is 4.37. The number of alkyl halides is 1. The van der Waals surface area contributed by atoms with E-state index in [0.717, 1.165) is 16.4 Å². The van der Waals surface area contributed by atoms with Crippen molar-refractivity contribution in [2.24, 2.45) is 0 Å². The maximum Gasteiger partial charge on any atom is 0.341 e. The second-order valence-electron chi connectivity index (χ2n) is 3.29. The zero-order valence-electron chi connectivity index (χ0n) is 10.1. The fraction of sp³-hybridized carbons (Fsp3) is 0.417. The maximum atomic E-state index is 11.7. The summed E-state index contributed by atoms with van der Waals surface area (Å²) in [5.74, 6) is 0.773. The highest BCUT2D eigenvalue weighted by molar-refractivity contribution is 14.1. The molecule has 4 nitrogen and oxygen atoms in total. The predicted octanol–water partition coefficient (Wildman–Crippen LogP) is 2.47. The van der Waals surface area contributed by atoms with Gasteiger partial charge in [0.25, 0.3) is 0 Å². The third-order valence-corrected chi connectivity index (χ3v) is 2.91. The molecule has 1 aromatic rings. The van der Waals surface area contributed by atoms with Gasteiger partial charge in [-0.3, -0.25) is 0 Å². The van der Waals surface area contributed by atoms with Gasteiger partial charge in [0, 0.05) is 10.5 Å². The number of rotatable bonds is 5. The van der Waals surface area contributed by atoms with E-state index in [4.69, 9.17) is 14.2 Å². The van der Waals surface area contributed by atoms with Crippen LogP contribution in [0.25, 0.3) is 0 Å². The minimum Gasteiger partial charge on any atom is -0.497 e. The van der Waals surface area contributed by atoms with Gasteiger partial charge in [0.15, 0.2) is 0 Å². The average Bonchev–Trinajstić information content (AvgIpc) is 2.37. The zero-order valence-corrected chi connectivity index (χ0v) is 12.2. The first-order valence-corrected chi connectivity index (χ1v) is 6.59. The van der Waals surface area contributed by atoms with Crippen LogP contribution in [0.4, 0.5) is 0 Å². The fourth-order valence-electron chi connectivity index (χ4n) is 1.56. The molecule has 94 valence electrons. The van der Waals surface area contributed by atoms with Crippen molar-refractivity contribution >= 4 is 28.6 Å². The van der Waals surface area contributed by atoms with Gasteiger partial charge in [-0.1, -0.05) is 22.6 Å². The molecular formula is C12H15IO4. The number of methoxy groups -OCH3 is 3. The van der Waals surface area contributed by atoms with Gasteiger partial charge in [-0.25, -0.2) is 4.79 Å². The van der Waals surface area contributed by atoms with Crippen molar-refractivity contribution in [3.05, 3.63) is 23.3 Å². The SMILES string of the molecule is COC(=O)c1c(CCI)cc(OC)cc1OC. The molecule has 17 heavy (non-hydrogen) atoms. The van der Waals surface area contributed by atoms with Gasteiger partial charge in [0.2, 0.25) is 0 Å². The summed E-state index contributed by atoms with van der Waals surface area (Å²) in [6.07, 6.45) is 0.762. The molecule has 0 N–H and O–H groups in total. The molecule has 5 heteroatoms. The Bertz CT molecular complexity index is 404. The Morgan fingerprint density at radius 1 is 1.24 bits per heavy atom. The van der Waals surface area contributed by atoms with Crippen molar-refractivity contribution in [2.45, 2.75) is 6.42 Å². The van der Waals surface area contributed by atoms with Crippen molar-refractivity contribution in [3.8, 4) is 11.5 Å². The lowest BCUT2D eigenvalue weighted by Crippen LogP contribution is -2.09. The number of aryl methyl sites for hydroxylation is 1. The van der Waals surface area contributed by atoms with E-state index in [1.807, 2.05) is 6.07 Å². The topological polar surface area (TPSA) is 44.8 Å². The first kappa shape index (κ1) is 14.1. The Kier molecular flexibility index (Phi) is 5.54. The van der Waals surface area contributed by atoms with Gasteiger partial charge >= 0.3 is 5.97 Å². The molecule has 0 aliphatic carbocycles.